The predicted molar refractivity (Wildman–Crippen MR) is 97.4 cm³/mol. The largest absolute Gasteiger partial charge is 0.510 e. The van der Waals surface area contributed by atoms with Crippen LogP contribution >= 0.6 is 0 Å². The van der Waals surface area contributed by atoms with Crippen LogP contribution in [-0.4, -0.2) is 35.4 Å². The highest BCUT2D eigenvalue weighted by atomic mass is 19.2. The number of likely N-dealkylation sites (N-methyl/N-ethyl adjacent to an activating group) is 1. The number of hydrogen-bond acceptors (Lipinski definition) is 5. The molecule has 0 amide bonds. The van der Waals surface area contributed by atoms with Crippen molar-refractivity contribution in [3.63, 3.8) is 0 Å². The zero-order chi connectivity index (χ0) is 20.2. The van der Waals surface area contributed by atoms with Gasteiger partial charge in [0.05, 0.1) is 17.7 Å². The number of aromatic hydroxyl groups is 1. The molecule has 27 heavy (non-hydrogen) atoms. The summed E-state index contributed by atoms with van der Waals surface area (Å²) in [7, 11) is 1.69. The lowest BCUT2D eigenvalue weighted by Gasteiger charge is -2.29. The third-order valence-corrected chi connectivity index (χ3v) is 4.98. The van der Waals surface area contributed by atoms with Gasteiger partial charge in [0.15, 0.2) is 11.6 Å². The van der Waals surface area contributed by atoms with Gasteiger partial charge in [0.25, 0.3) is 0 Å². The first-order chi connectivity index (χ1) is 12.7. The van der Waals surface area contributed by atoms with Gasteiger partial charge in [-0.2, -0.15) is 4.39 Å². The van der Waals surface area contributed by atoms with E-state index < -0.39 is 28.9 Å². The molecule has 150 valence electrons. The van der Waals surface area contributed by atoms with E-state index >= 15 is 0 Å². The van der Waals surface area contributed by atoms with E-state index in [-0.39, 0.29) is 35.8 Å². The van der Waals surface area contributed by atoms with Gasteiger partial charge in [0, 0.05) is 6.42 Å². The Kier molecular flexibility index (Phi) is 6.81. The SMILES string of the molecule is CNC1(/C(O)=C(\Cc2ccc(O)c(F)c2F)C(=O)OCC(C)C)CCCC1. The number of benzene rings is 1. The Morgan fingerprint density at radius 3 is 2.44 bits per heavy atom. The van der Waals surface area contributed by atoms with Crippen molar-refractivity contribution in [2.45, 2.75) is 51.5 Å². The zero-order valence-electron chi connectivity index (χ0n) is 15.9. The first-order valence-electron chi connectivity index (χ1n) is 9.16. The molecule has 0 spiro atoms. The Balaban J connectivity index is 2.45. The van der Waals surface area contributed by atoms with Crippen molar-refractivity contribution in [1.29, 1.82) is 0 Å². The topological polar surface area (TPSA) is 78.8 Å². The highest BCUT2D eigenvalue weighted by Gasteiger charge is 2.40. The minimum absolute atomic E-state index is 0.0879. The smallest absolute Gasteiger partial charge is 0.337 e. The van der Waals surface area contributed by atoms with Crippen molar-refractivity contribution in [2.24, 2.45) is 5.92 Å². The van der Waals surface area contributed by atoms with Gasteiger partial charge in [-0.25, -0.2) is 9.18 Å². The van der Waals surface area contributed by atoms with E-state index in [1.54, 1.807) is 7.05 Å². The number of carbonyl (C=O) groups excluding carboxylic acids is 1. The summed E-state index contributed by atoms with van der Waals surface area (Å²) in [4.78, 5) is 12.6. The molecular formula is C20H27F2NO4. The maximum Gasteiger partial charge on any atom is 0.337 e. The summed E-state index contributed by atoms with van der Waals surface area (Å²) in [6.45, 7) is 3.89. The van der Waals surface area contributed by atoms with Crippen LogP contribution in [0, 0.1) is 17.6 Å². The maximum atomic E-state index is 14.2. The van der Waals surface area contributed by atoms with E-state index in [1.165, 1.54) is 6.07 Å². The van der Waals surface area contributed by atoms with Gasteiger partial charge in [-0.1, -0.05) is 32.8 Å². The monoisotopic (exact) mass is 383 g/mol. The van der Waals surface area contributed by atoms with Crippen LogP contribution in [0.5, 0.6) is 5.75 Å². The second-order valence-electron chi connectivity index (χ2n) is 7.41. The van der Waals surface area contributed by atoms with E-state index in [0.29, 0.717) is 12.8 Å². The minimum atomic E-state index is -1.38. The number of aliphatic hydroxyl groups is 1. The molecule has 0 bridgehead atoms. The molecular weight excluding hydrogens is 356 g/mol. The van der Waals surface area contributed by atoms with Crippen LogP contribution in [0.2, 0.25) is 0 Å². The molecule has 1 saturated carbocycles. The Hall–Kier alpha value is -2.15. The average Bonchev–Trinajstić information content (AvgIpc) is 3.13. The molecule has 0 radical (unpaired) electrons. The summed E-state index contributed by atoms with van der Waals surface area (Å²) in [6.07, 6.45) is 2.67. The molecule has 1 aromatic rings. The molecule has 2 rings (SSSR count). The van der Waals surface area contributed by atoms with Crippen LogP contribution in [-0.2, 0) is 16.0 Å². The normalized spacial score (nSPS) is 17.1. The molecule has 0 heterocycles. The van der Waals surface area contributed by atoms with E-state index in [9.17, 15) is 23.8 Å². The minimum Gasteiger partial charge on any atom is -0.510 e. The summed E-state index contributed by atoms with van der Waals surface area (Å²) >= 11 is 0. The van der Waals surface area contributed by atoms with Crippen molar-refractivity contribution >= 4 is 5.97 Å². The van der Waals surface area contributed by atoms with Gasteiger partial charge < -0.3 is 20.3 Å². The van der Waals surface area contributed by atoms with Crippen molar-refractivity contribution < 1.29 is 28.5 Å². The standard InChI is InChI=1S/C20H27F2NO4/c1-12(2)11-27-19(26)14(18(25)20(23-3)8-4-5-9-20)10-13-6-7-15(24)17(22)16(13)21/h6-7,12,23-25H,4-5,8-11H2,1-3H3/b18-14-. The highest BCUT2D eigenvalue weighted by molar-refractivity contribution is 5.90. The van der Waals surface area contributed by atoms with Crippen LogP contribution < -0.4 is 5.32 Å². The van der Waals surface area contributed by atoms with Crippen LogP contribution in [0.3, 0.4) is 0 Å². The van der Waals surface area contributed by atoms with Crippen molar-refractivity contribution in [2.75, 3.05) is 13.7 Å². The molecule has 0 unspecified atom stereocenters. The number of phenolic OH excluding ortho intramolecular Hbond substituents is 1. The number of halogens is 2. The number of ether oxygens (including phenoxy) is 1. The van der Waals surface area contributed by atoms with Gasteiger partial charge in [0.2, 0.25) is 5.82 Å². The first-order valence-corrected chi connectivity index (χ1v) is 9.16. The molecule has 1 aliphatic carbocycles. The Bertz CT molecular complexity index is 725. The van der Waals surface area contributed by atoms with Gasteiger partial charge in [0.1, 0.15) is 5.76 Å². The lowest BCUT2D eigenvalue weighted by Crippen LogP contribution is -2.43. The molecule has 0 aliphatic heterocycles. The second kappa shape index (κ2) is 8.69. The molecule has 0 aromatic heterocycles. The van der Waals surface area contributed by atoms with Gasteiger partial charge >= 0.3 is 5.97 Å². The van der Waals surface area contributed by atoms with Gasteiger partial charge in [-0.05, 0) is 37.4 Å². The summed E-state index contributed by atoms with van der Waals surface area (Å²) in [5.74, 6) is -4.30. The predicted octanol–water partition coefficient (Wildman–Crippen LogP) is 3.76. The van der Waals surface area contributed by atoms with E-state index in [4.69, 9.17) is 4.74 Å². The number of carbonyl (C=O) groups is 1. The lowest BCUT2D eigenvalue weighted by molar-refractivity contribution is -0.140. The number of rotatable bonds is 7. The molecule has 5 nitrogen and oxygen atoms in total. The molecule has 1 aliphatic rings. The fourth-order valence-corrected chi connectivity index (χ4v) is 3.36. The van der Waals surface area contributed by atoms with E-state index in [0.717, 1.165) is 18.9 Å². The Morgan fingerprint density at radius 2 is 1.89 bits per heavy atom. The molecule has 0 atom stereocenters. The first kappa shape index (κ1) is 21.2. The maximum absolute atomic E-state index is 14.2. The van der Waals surface area contributed by atoms with Crippen molar-refractivity contribution in [3.05, 3.63) is 40.7 Å². The third-order valence-electron chi connectivity index (χ3n) is 4.98. The average molecular weight is 383 g/mol. The number of hydrogen-bond donors (Lipinski definition) is 3. The summed E-state index contributed by atoms with van der Waals surface area (Å²) in [5, 5.41) is 23.3. The highest BCUT2D eigenvalue weighted by Crippen LogP contribution is 2.37. The van der Waals surface area contributed by atoms with Crippen molar-refractivity contribution in [3.8, 4) is 5.75 Å². The zero-order valence-corrected chi connectivity index (χ0v) is 15.9. The van der Waals surface area contributed by atoms with Gasteiger partial charge in [-0.15, -0.1) is 0 Å². The Labute approximate surface area is 158 Å². The molecule has 1 aromatic carbocycles. The molecule has 7 heteroatoms. The third kappa shape index (κ3) is 4.58. The lowest BCUT2D eigenvalue weighted by atomic mass is 9.89. The van der Waals surface area contributed by atoms with E-state index in [1.807, 2.05) is 13.8 Å². The number of phenols is 1. The van der Waals surface area contributed by atoms with Crippen LogP contribution in [0.15, 0.2) is 23.5 Å². The van der Waals surface area contributed by atoms with E-state index in [2.05, 4.69) is 5.32 Å². The molecule has 3 N–H and O–H groups in total. The fourth-order valence-electron chi connectivity index (χ4n) is 3.36. The molecule has 1 fully saturated rings. The van der Waals surface area contributed by atoms with Crippen molar-refractivity contribution in [1.82, 2.24) is 5.32 Å². The summed E-state index contributed by atoms with van der Waals surface area (Å²) < 4.78 is 33.2. The number of aliphatic hydroxyl groups excluding tert-OH is 1. The Morgan fingerprint density at radius 1 is 1.26 bits per heavy atom. The summed E-state index contributed by atoms with van der Waals surface area (Å²) in [5.41, 5.74) is -1.02. The van der Waals surface area contributed by atoms with Crippen LogP contribution in [0.4, 0.5) is 8.78 Å². The number of esters is 1. The molecule has 0 saturated heterocycles. The van der Waals surface area contributed by atoms with Crippen LogP contribution in [0.1, 0.15) is 45.1 Å². The van der Waals surface area contributed by atoms with Crippen LogP contribution in [0.25, 0.3) is 0 Å². The second-order valence-corrected chi connectivity index (χ2v) is 7.41. The fraction of sp³-hybridized carbons (Fsp3) is 0.550. The summed E-state index contributed by atoms with van der Waals surface area (Å²) in [6, 6.07) is 2.21. The van der Waals surface area contributed by atoms with Gasteiger partial charge in [-0.3, -0.25) is 0 Å². The number of nitrogens with one attached hydrogen (secondary N) is 1. The quantitative estimate of drug-likeness (QED) is 0.380.